The predicted molar refractivity (Wildman–Crippen MR) is 50.6 cm³/mol. The van der Waals surface area contributed by atoms with E-state index in [-0.39, 0.29) is 0 Å². The van der Waals surface area contributed by atoms with Crippen molar-refractivity contribution in [3.8, 4) is 0 Å². The Hall–Kier alpha value is -1.57. The number of carbonyl (C=O) groups is 1. The molecule has 0 saturated carbocycles. The van der Waals surface area contributed by atoms with Gasteiger partial charge in [0.05, 0.1) is 6.26 Å². The fraction of sp³-hybridized carbons (Fsp3) is 0.182. The number of furan rings is 1. The molecule has 0 bridgehead atoms. The number of fused-ring (bicyclic) bond motifs is 1. The molecule has 0 atom stereocenters. The lowest BCUT2D eigenvalue weighted by Crippen LogP contribution is -1.82. The van der Waals surface area contributed by atoms with Crippen molar-refractivity contribution in [3.63, 3.8) is 0 Å². The zero-order valence-electron chi connectivity index (χ0n) is 7.19. The number of benzene rings is 1. The SMILES string of the molecule is O=CCCc1coc2ccccc12. The Labute approximate surface area is 76.2 Å². The minimum Gasteiger partial charge on any atom is -0.464 e. The molecule has 0 N–H and O–H groups in total. The van der Waals surface area contributed by atoms with Crippen LogP contribution in [0.5, 0.6) is 0 Å². The van der Waals surface area contributed by atoms with E-state index < -0.39 is 0 Å². The standard InChI is InChI=1S/C11H10O2/c12-7-3-4-9-8-13-11-6-2-1-5-10(9)11/h1-2,5-8H,3-4H2. The second-order valence-corrected chi connectivity index (χ2v) is 2.96. The molecule has 1 aromatic carbocycles. The molecule has 0 fully saturated rings. The van der Waals surface area contributed by atoms with Gasteiger partial charge in [-0.2, -0.15) is 0 Å². The first kappa shape index (κ1) is 8.05. The van der Waals surface area contributed by atoms with Crippen LogP contribution in [-0.4, -0.2) is 6.29 Å². The molecule has 2 nitrogen and oxygen atoms in total. The quantitative estimate of drug-likeness (QED) is 0.669. The van der Waals surface area contributed by atoms with Gasteiger partial charge in [0.1, 0.15) is 11.9 Å². The fourth-order valence-corrected chi connectivity index (χ4v) is 1.44. The lowest BCUT2D eigenvalue weighted by atomic mass is 10.1. The summed E-state index contributed by atoms with van der Waals surface area (Å²) in [5.41, 5.74) is 2.01. The summed E-state index contributed by atoms with van der Waals surface area (Å²) in [6.45, 7) is 0. The third-order valence-electron chi connectivity index (χ3n) is 2.09. The molecule has 0 spiro atoms. The van der Waals surface area contributed by atoms with E-state index >= 15 is 0 Å². The van der Waals surface area contributed by atoms with E-state index in [0.717, 1.165) is 29.2 Å². The van der Waals surface area contributed by atoms with Gasteiger partial charge in [0.25, 0.3) is 0 Å². The predicted octanol–water partition coefficient (Wildman–Crippen LogP) is 2.56. The van der Waals surface area contributed by atoms with Gasteiger partial charge in [-0.1, -0.05) is 18.2 Å². The summed E-state index contributed by atoms with van der Waals surface area (Å²) in [7, 11) is 0. The third kappa shape index (κ3) is 1.47. The zero-order chi connectivity index (χ0) is 9.10. The van der Waals surface area contributed by atoms with Crippen LogP contribution < -0.4 is 0 Å². The van der Waals surface area contributed by atoms with E-state index in [2.05, 4.69) is 0 Å². The summed E-state index contributed by atoms with van der Waals surface area (Å²) in [4.78, 5) is 10.2. The van der Waals surface area contributed by atoms with E-state index in [1.54, 1.807) is 6.26 Å². The van der Waals surface area contributed by atoms with Crippen LogP contribution in [0.3, 0.4) is 0 Å². The van der Waals surface area contributed by atoms with Crippen molar-refractivity contribution < 1.29 is 9.21 Å². The van der Waals surface area contributed by atoms with Gasteiger partial charge in [0, 0.05) is 11.8 Å². The Morgan fingerprint density at radius 2 is 2.15 bits per heavy atom. The first-order valence-corrected chi connectivity index (χ1v) is 4.30. The first-order chi connectivity index (χ1) is 6.42. The number of hydrogen-bond donors (Lipinski definition) is 0. The van der Waals surface area contributed by atoms with Crippen molar-refractivity contribution >= 4 is 17.3 Å². The van der Waals surface area contributed by atoms with Crippen molar-refractivity contribution in [1.29, 1.82) is 0 Å². The fourth-order valence-electron chi connectivity index (χ4n) is 1.44. The first-order valence-electron chi connectivity index (χ1n) is 4.30. The Kier molecular flexibility index (Phi) is 2.13. The maximum atomic E-state index is 10.2. The number of aldehydes is 1. The van der Waals surface area contributed by atoms with Crippen LogP contribution in [0.2, 0.25) is 0 Å². The Balaban J connectivity index is 2.40. The van der Waals surface area contributed by atoms with Crippen molar-refractivity contribution in [2.75, 3.05) is 0 Å². The molecule has 66 valence electrons. The van der Waals surface area contributed by atoms with E-state index in [4.69, 9.17) is 4.42 Å². The van der Waals surface area contributed by atoms with Crippen LogP contribution in [0.1, 0.15) is 12.0 Å². The average molecular weight is 174 g/mol. The lowest BCUT2D eigenvalue weighted by molar-refractivity contribution is -0.107. The normalized spacial score (nSPS) is 10.5. The molecule has 0 amide bonds. The third-order valence-corrected chi connectivity index (χ3v) is 2.09. The zero-order valence-corrected chi connectivity index (χ0v) is 7.19. The minimum atomic E-state index is 0.559. The van der Waals surface area contributed by atoms with E-state index in [9.17, 15) is 4.79 Å². The van der Waals surface area contributed by atoms with Crippen molar-refractivity contribution in [2.45, 2.75) is 12.8 Å². The topological polar surface area (TPSA) is 30.2 Å². The molecule has 0 unspecified atom stereocenters. The maximum Gasteiger partial charge on any atom is 0.134 e. The van der Waals surface area contributed by atoms with Crippen LogP contribution in [0.15, 0.2) is 34.9 Å². The number of aryl methyl sites for hydroxylation is 1. The Bertz CT molecular complexity index is 415. The molecule has 2 rings (SSSR count). The summed E-state index contributed by atoms with van der Waals surface area (Å²) in [6.07, 6.45) is 3.99. The molecule has 13 heavy (non-hydrogen) atoms. The molecule has 0 aliphatic heterocycles. The summed E-state index contributed by atoms with van der Waals surface area (Å²) in [5, 5.41) is 1.12. The van der Waals surface area contributed by atoms with Crippen LogP contribution in [0, 0.1) is 0 Å². The average Bonchev–Trinajstić information content (AvgIpc) is 2.58. The van der Waals surface area contributed by atoms with Gasteiger partial charge >= 0.3 is 0 Å². The smallest absolute Gasteiger partial charge is 0.134 e. The highest BCUT2D eigenvalue weighted by Crippen LogP contribution is 2.21. The van der Waals surface area contributed by atoms with Crippen molar-refractivity contribution in [2.24, 2.45) is 0 Å². The molecular formula is C11H10O2. The van der Waals surface area contributed by atoms with Crippen molar-refractivity contribution in [3.05, 3.63) is 36.1 Å². The lowest BCUT2D eigenvalue weighted by Gasteiger charge is -1.91. The molecule has 1 heterocycles. The number of rotatable bonds is 3. The van der Waals surface area contributed by atoms with Crippen LogP contribution >= 0.6 is 0 Å². The van der Waals surface area contributed by atoms with Gasteiger partial charge in [-0.3, -0.25) is 0 Å². The van der Waals surface area contributed by atoms with Gasteiger partial charge in [0.2, 0.25) is 0 Å². The number of hydrogen-bond acceptors (Lipinski definition) is 2. The highest BCUT2D eigenvalue weighted by molar-refractivity contribution is 5.81. The van der Waals surface area contributed by atoms with Crippen LogP contribution in [0.25, 0.3) is 11.0 Å². The van der Waals surface area contributed by atoms with Gasteiger partial charge in [-0.15, -0.1) is 0 Å². The monoisotopic (exact) mass is 174 g/mol. The molecule has 2 aromatic rings. The van der Waals surface area contributed by atoms with E-state index in [1.165, 1.54) is 0 Å². The summed E-state index contributed by atoms with van der Waals surface area (Å²) in [6, 6.07) is 7.86. The minimum absolute atomic E-state index is 0.559. The van der Waals surface area contributed by atoms with Gasteiger partial charge in [-0.25, -0.2) is 0 Å². The van der Waals surface area contributed by atoms with Gasteiger partial charge in [-0.05, 0) is 18.1 Å². The molecule has 1 aromatic heterocycles. The molecular weight excluding hydrogens is 164 g/mol. The van der Waals surface area contributed by atoms with E-state index in [1.807, 2.05) is 24.3 Å². The van der Waals surface area contributed by atoms with Crippen LogP contribution in [-0.2, 0) is 11.2 Å². The largest absolute Gasteiger partial charge is 0.464 e. The second kappa shape index (κ2) is 3.44. The number of para-hydroxylation sites is 1. The molecule has 2 heteroatoms. The summed E-state index contributed by atoms with van der Waals surface area (Å²) >= 11 is 0. The molecule has 0 aliphatic rings. The van der Waals surface area contributed by atoms with Gasteiger partial charge in [0.15, 0.2) is 0 Å². The van der Waals surface area contributed by atoms with Gasteiger partial charge < -0.3 is 9.21 Å². The summed E-state index contributed by atoms with van der Waals surface area (Å²) < 4.78 is 5.33. The molecule has 0 radical (unpaired) electrons. The molecule has 0 aliphatic carbocycles. The maximum absolute atomic E-state index is 10.2. The highest BCUT2D eigenvalue weighted by atomic mass is 16.3. The summed E-state index contributed by atoms with van der Waals surface area (Å²) in [5.74, 6) is 0. The number of carbonyl (C=O) groups excluding carboxylic acids is 1. The second-order valence-electron chi connectivity index (χ2n) is 2.96. The Morgan fingerprint density at radius 3 is 3.00 bits per heavy atom. The Morgan fingerprint density at radius 1 is 1.31 bits per heavy atom. The van der Waals surface area contributed by atoms with Crippen molar-refractivity contribution in [1.82, 2.24) is 0 Å². The van der Waals surface area contributed by atoms with E-state index in [0.29, 0.717) is 6.42 Å². The van der Waals surface area contributed by atoms with Crippen LogP contribution in [0.4, 0.5) is 0 Å². The highest BCUT2D eigenvalue weighted by Gasteiger charge is 2.03. The molecule has 0 saturated heterocycles.